The molecule has 140 valence electrons. The summed E-state index contributed by atoms with van der Waals surface area (Å²) in [6.07, 6.45) is 3.28. The van der Waals surface area contributed by atoms with Crippen LogP contribution in [0.4, 0.5) is 11.4 Å². The van der Waals surface area contributed by atoms with E-state index in [9.17, 15) is 9.59 Å². The molecule has 0 spiro atoms. The van der Waals surface area contributed by atoms with Crippen LogP contribution in [0, 0.1) is 0 Å². The molecule has 27 heavy (non-hydrogen) atoms. The minimum Gasteiger partial charge on any atom is -0.332 e. The summed E-state index contributed by atoms with van der Waals surface area (Å²) >= 11 is 5.00. The van der Waals surface area contributed by atoms with Crippen LogP contribution in [0.2, 0.25) is 0 Å². The molecule has 2 aromatic carbocycles. The van der Waals surface area contributed by atoms with Crippen LogP contribution in [0.25, 0.3) is 6.08 Å². The molecular formula is C21H23N3O2S. The van der Waals surface area contributed by atoms with Gasteiger partial charge in [0, 0.05) is 24.4 Å². The lowest BCUT2D eigenvalue weighted by atomic mass is 10.0. The lowest BCUT2D eigenvalue weighted by Gasteiger charge is -2.09. The molecular weight excluding hydrogens is 358 g/mol. The average molecular weight is 382 g/mol. The fourth-order valence-corrected chi connectivity index (χ4v) is 2.57. The van der Waals surface area contributed by atoms with Crippen molar-refractivity contribution in [2.24, 2.45) is 0 Å². The third kappa shape index (κ3) is 7.03. The molecule has 2 amide bonds. The maximum atomic E-state index is 12.1. The molecule has 0 aliphatic rings. The maximum absolute atomic E-state index is 12.1. The lowest BCUT2D eigenvalue weighted by molar-refractivity contribution is -0.117. The van der Waals surface area contributed by atoms with E-state index in [-0.39, 0.29) is 16.9 Å². The van der Waals surface area contributed by atoms with Crippen molar-refractivity contribution >= 4 is 46.6 Å². The number of carbonyl (C=O) groups is 2. The van der Waals surface area contributed by atoms with Gasteiger partial charge in [-0.05, 0) is 59.6 Å². The van der Waals surface area contributed by atoms with Gasteiger partial charge in [0.15, 0.2) is 5.11 Å². The molecule has 2 rings (SSSR count). The molecule has 0 bridgehead atoms. The van der Waals surface area contributed by atoms with E-state index in [1.54, 1.807) is 30.3 Å². The van der Waals surface area contributed by atoms with Crippen LogP contribution in [-0.2, 0) is 9.59 Å². The molecule has 0 radical (unpaired) electrons. The first-order valence-electron chi connectivity index (χ1n) is 8.61. The number of benzene rings is 2. The highest BCUT2D eigenvalue weighted by atomic mass is 32.1. The van der Waals surface area contributed by atoms with Gasteiger partial charge in [0.05, 0.1) is 0 Å². The van der Waals surface area contributed by atoms with Gasteiger partial charge in [-0.2, -0.15) is 0 Å². The van der Waals surface area contributed by atoms with Crippen molar-refractivity contribution < 1.29 is 9.59 Å². The van der Waals surface area contributed by atoms with Gasteiger partial charge in [0.2, 0.25) is 11.8 Å². The minimum absolute atomic E-state index is 0.211. The lowest BCUT2D eigenvalue weighted by Crippen LogP contribution is -2.32. The average Bonchev–Trinajstić information content (AvgIpc) is 2.61. The van der Waals surface area contributed by atoms with Crippen LogP contribution in [0.3, 0.4) is 0 Å². The van der Waals surface area contributed by atoms with Crippen LogP contribution in [0.15, 0.2) is 54.6 Å². The number of amides is 2. The zero-order chi connectivity index (χ0) is 19.8. The number of hydrogen-bond acceptors (Lipinski definition) is 3. The summed E-state index contributed by atoms with van der Waals surface area (Å²) in [5.74, 6) is 0.0378. The molecule has 0 heterocycles. The third-order valence-corrected chi connectivity index (χ3v) is 3.93. The van der Waals surface area contributed by atoms with Crippen molar-refractivity contribution in [1.82, 2.24) is 5.32 Å². The normalized spacial score (nSPS) is 10.7. The first-order chi connectivity index (χ1) is 12.8. The number of rotatable bonds is 5. The predicted octanol–water partition coefficient (Wildman–Crippen LogP) is 4.29. The zero-order valence-corrected chi connectivity index (χ0v) is 16.4. The Morgan fingerprint density at radius 2 is 1.48 bits per heavy atom. The van der Waals surface area contributed by atoms with Gasteiger partial charge in [0.25, 0.3) is 0 Å². The molecule has 0 saturated carbocycles. The molecule has 0 unspecified atom stereocenters. The molecule has 2 aromatic rings. The molecule has 5 nitrogen and oxygen atoms in total. The van der Waals surface area contributed by atoms with Gasteiger partial charge in [-0.1, -0.05) is 38.1 Å². The van der Waals surface area contributed by atoms with Crippen molar-refractivity contribution in [2.75, 3.05) is 10.6 Å². The first-order valence-corrected chi connectivity index (χ1v) is 9.02. The smallest absolute Gasteiger partial charge is 0.248 e. The highest BCUT2D eigenvalue weighted by Gasteiger charge is 2.02. The number of nitrogens with one attached hydrogen (secondary N) is 3. The Kier molecular flexibility index (Phi) is 7.25. The van der Waals surface area contributed by atoms with Crippen LogP contribution in [0.5, 0.6) is 0 Å². The first kappa shape index (κ1) is 20.3. The van der Waals surface area contributed by atoms with Gasteiger partial charge < -0.3 is 16.0 Å². The number of carbonyl (C=O) groups excluding carboxylic acids is 2. The fraction of sp³-hybridized carbons (Fsp3) is 0.190. The van der Waals surface area contributed by atoms with E-state index in [1.165, 1.54) is 18.6 Å². The van der Waals surface area contributed by atoms with E-state index in [4.69, 9.17) is 12.2 Å². The fourth-order valence-electron chi connectivity index (χ4n) is 2.31. The topological polar surface area (TPSA) is 70.2 Å². The van der Waals surface area contributed by atoms with E-state index in [0.717, 1.165) is 5.56 Å². The summed E-state index contributed by atoms with van der Waals surface area (Å²) in [5.41, 5.74) is 3.62. The van der Waals surface area contributed by atoms with E-state index in [2.05, 4.69) is 41.9 Å². The summed E-state index contributed by atoms with van der Waals surface area (Å²) in [6.45, 7) is 5.68. The Hall–Kier alpha value is -2.99. The van der Waals surface area contributed by atoms with Crippen molar-refractivity contribution in [3.63, 3.8) is 0 Å². The molecule has 6 heteroatoms. The number of hydrogen-bond donors (Lipinski definition) is 3. The Balaban J connectivity index is 1.89. The van der Waals surface area contributed by atoms with Crippen molar-refractivity contribution in [3.05, 3.63) is 65.7 Å². The monoisotopic (exact) mass is 381 g/mol. The number of anilines is 2. The Morgan fingerprint density at radius 1 is 0.926 bits per heavy atom. The van der Waals surface area contributed by atoms with Crippen LogP contribution >= 0.6 is 12.2 Å². The largest absolute Gasteiger partial charge is 0.332 e. The van der Waals surface area contributed by atoms with Crippen LogP contribution in [-0.4, -0.2) is 16.9 Å². The summed E-state index contributed by atoms with van der Waals surface area (Å²) < 4.78 is 0. The van der Waals surface area contributed by atoms with Crippen molar-refractivity contribution in [3.8, 4) is 0 Å². The SMILES string of the molecule is CC(=O)NC(=S)Nc1ccc(NC(=O)/C=C/c2ccc(C(C)C)cc2)cc1. The quantitative estimate of drug-likeness (QED) is 0.534. The molecule has 0 aromatic heterocycles. The van der Waals surface area contributed by atoms with Gasteiger partial charge in [0.1, 0.15) is 0 Å². The van der Waals surface area contributed by atoms with Crippen molar-refractivity contribution in [2.45, 2.75) is 26.7 Å². The summed E-state index contributed by atoms with van der Waals surface area (Å²) in [4.78, 5) is 23.0. The van der Waals surface area contributed by atoms with Crippen LogP contribution in [0.1, 0.15) is 37.8 Å². The molecule has 3 N–H and O–H groups in total. The van der Waals surface area contributed by atoms with Crippen LogP contribution < -0.4 is 16.0 Å². The standard InChI is InChI=1S/C21H23N3O2S/c1-14(2)17-7-4-16(5-8-17)6-13-20(26)23-18-9-11-19(12-10-18)24-21(27)22-15(3)25/h4-14H,1-3H3,(H,23,26)(H2,22,24,25,27)/b13-6+. The Morgan fingerprint density at radius 3 is 2.00 bits per heavy atom. The van der Waals surface area contributed by atoms with Crippen molar-refractivity contribution in [1.29, 1.82) is 0 Å². The highest BCUT2D eigenvalue weighted by molar-refractivity contribution is 7.80. The Bertz CT molecular complexity index is 841. The summed E-state index contributed by atoms with van der Waals surface area (Å²) in [5, 5.41) is 8.39. The van der Waals surface area contributed by atoms with E-state index in [0.29, 0.717) is 17.3 Å². The molecule has 0 atom stereocenters. The minimum atomic E-state index is -0.234. The second-order valence-corrected chi connectivity index (χ2v) is 6.76. The number of thiocarbonyl (C=S) groups is 1. The summed E-state index contributed by atoms with van der Waals surface area (Å²) in [7, 11) is 0. The third-order valence-electron chi connectivity index (χ3n) is 3.73. The molecule has 0 aliphatic heterocycles. The maximum Gasteiger partial charge on any atom is 0.248 e. The second-order valence-electron chi connectivity index (χ2n) is 6.36. The zero-order valence-electron chi connectivity index (χ0n) is 15.6. The molecule has 0 aliphatic carbocycles. The summed E-state index contributed by atoms with van der Waals surface area (Å²) in [6, 6.07) is 15.2. The molecule has 0 fully saturated rings. The van der Waals surface area contributed by atoms with E-state index < -0.39 is 0 Å². The van der Waals surface area contributed by atoms with Gasteiger partial charge in [-0.3, -0.25) is 9.59 Å². The van der Waals surface area contributed by atoms with Gasteiger partial charge in [-0.25, -0.2) is 0 Å². The van der Waals surface area contributed by atoms with Gasteiger partial charge in [-0.15, -0.1) is 0 Å². The predicted molar refractivity (Wildman–Crippen MR) is 115 cm³/mol. The van der Waals surface area contributed by atoms with Gasteiger partial charge >= 0.3 is 0 Å². The second kappa shape index (κ2) is 9.64. The van der Waals surface area contributed by atoms with E-state index in [1.807, 2.05) is 12.1 Å². The Labute approximate surface area is 164 Å². The molecule has 0 saturated heterocycles. The highest BCUT2D eigenvalue weighted by Crippen LogP contribution is 2.16. The van der Waals surface area contributed by atoms with E-state index >= 15 is 0 Å².